The number of aromatic hydroxyl groups is 1. The van der Waals surface area contributed by atoms with Gasteiger partial charge in [-0.15, -0.1) is 0 Å². The quantitative estimate of drug-likeness (QED) is 0.887. The molecular formula is C15H18FN3O2. The maximum absolute atomic E-state index is 13.3. The van der Waals surface area contributed by atoms with Crippen molar-refractivity contribution in [1.29, 1.82) is 0 Å². The van der Waals surface area contributed by atoms with Crippen LogP contribution in [0.25, 0.3) is 0 Å². The van der Waals surface area contributed by atoms with Gasteiger partial charge in [0, 0.05) is 26.8 Å². The summed E-state index contributed by atoms with van der Waals surface area (Å²) in [6.07, 6.45) is 1.67. The number of phenolic OH excluding ortho intramolecular Hbond substituents is 1. The van der Waals surface area contributed by atoms with Gasteiger partial charge in [0.05, 0.1) is 12.8 Å². The van der Waals surface area contributed by atoms with Crippen LogP contribution in [0.1, 0.15) is 5.56 Å². The smallest absolute Gasteiger partial charge is 0.239 e. The van der Waals surface area contributed by atoms with E-state index < -0.39 is 5.82 Å². The molecule has 1 heterocycles. The Labute approximate surface area is 123 Å². The topological polar surface area (TPSA) is 57.6 Å². The molecule has 6 heteroatoms. The number of hydrogen-bond donors (Lipinski definition) is 2. The Morgan fingerprint density at radius 2 is 2.10 bits per heavy atom. The summed E-state index contributed by atoms with van der Waals surface area (Å²) in [5.41, 5.74) is 2.36. The van der Waals surface area contributed by atoms with E-state index in [4.69, 9.17) is 4.74 Å². The van der Waals surface area contributed by atoms with E-state index in [9.17, 15) is 9.50 Å². The van der Waals surface area contributed by atoms with Gasteiger partial charge in [0.15, 0.2) is 11.6 Å². The maximum Gasteiger partial charge on any atom is 0.239 e. The molecule has 0 spiro atoms. The summed E-state index contributed by atoms with van der Waals surface area (Å²) in [5.74, 6) is -0.521. The molecule has 1 aromatic carbocycles. The molecule has 21 heavy (non-hydrogen) atoms. The second-order valence-electron chi connectivity index (χ2n) is 4.75. The molecule has 5 nitrogen and oxygen atoms in total. The highest BCUT2D eigenvalue weighted by molar-refractivity contribution is 5.74. The predicted octanol–water partition coefficient (Wildman–Crippen LogP) is 2.61. The lowest BCUT2D eigenvalue weighted by molar-refractivity contribution is 0.400. The Morgan fingerprint density at radius 3 is 2.71 bits per heavy atom. The first-order valence-electron chi connectivity index (χ1n) is 6.44. The monoisotopic (exact) mass is 291 g/mol. The van der Waals surface area contributed by atoms with E-state index >= 15 is 0 Å². The number of hydrogen-bond acceptors (Lipinski definition) is 5. The van der Waals surface area contributed by atoms with E-state index in [-0.39, 0.29) is 5.75 Å². The largest absolute Gasteiger partial charge is 0.505 e. The average Bonchev–Trinajstić information content (AvgIpc) is 2.48. The third-order valence-corrected chi connectivity index (χ3v) is 3.05. The SMILES string of the molecule is COc1nccc(N(C)C)c1NCc1ccc(O)c(F)c1. The lowest BCUT2D eigenvalue weighted by Crippen LogP contribution is -2.13. The van der Waals surface area contributed by atoms with Crippen LogP contribution in [-0.2, 0) is 6.54 Å². The number of pyridine rings is 1. The van der Waals surface area contributed by atoms with Gasteiger partial charge in [0.2, 0.25) is 5.88 Å². The summed E-state index contributed by atoms with van der Waals surface area (Å²) in [7, 11) is 5.38. The highest BCUT2D eigenvalue weighted by Gasteiger charge is 2.12. The molecule has 0 unspecified atom stereocenters. The summed E-state index contributed by atoms with van der Waals surface area (Å²) >= 11 is 0. The molecule has 0 saturated heterocycles. The first-order chi connectivity index (χ1) is 10.0. The highest BCUT2D eigenvalue weighted by atomic mass is 19.1. The Kier molecular flexibility index (Phi) is 4.47. The summed E-state index contributed by atoms with van der Waals surface area (Å²) < 4.78 is 18.6. The minimum atomic E-state index is -0.639. The molecule has 0 saturated carbocycles. The lowest BCUT2D eigenvalue weighted by atomic mass is 10.2. The minimum Gasteiger partial charge on any atom is -0.505 e. The number of nitrogens with zero attached hydrogens (tertiary/aromatic N) is 2. The number of rotatable bonds is 5. The summed E-state index contributed by atoms with van der Waals surface area (Å²) in [4.78, 5) is 6.09. The highest BCUT2D eigenvalue weighted by Crippen LogP contribution is 2.32. The molecule has 112 valence electrons. The predicted molar refractivity (Wildman–Crippen MR) is 80.5 cm³/mol. The second-order valence-corrected chi connectivity index (χ2v) is 4.75. The van der Waals surface area contributed by atoms with Crippen molar-refractivity contribution >= 4 is 11.4 Å². The summed E-state index contributed by atoms with van der Waals surface area (Å²) in [6.45, 7) is 0.389. The first kappa shape index (κ1) is 14.9. The fourth-order valence-electron chi connectivity index (χ4n) is 1.98. The number of phenols is 1. The molecule has 0 bridgehead atoms. The van der Waals surface area contributed by atoms with Gasteiger partial charge in [-0.2, -0.15) is 0 Å². The van der Waals surface area contributed by atoms with Gasteiger partial charge < -0.3 is 20.1 Å². The molecule has 1 aromatic heterocycles. The fraction of sp³-hybridized carbons (Fsp3) is 0.267. The standard InChI is InChI=1S/C15H18FN3O2/c1-19(2)12-6-7-17-15(21-3)14(12)18-9-10-4-5-13(20)11(16)8-10/h4-8,18,20H,9H2,1-3H3. The minimum absolute atomic E-state index is 0.355. The molecule has 0 aliphatic heterocycles. The van der Waals surface area contributed by atoms with Crippen LogP contribution in [0.3, 0.4) is 0 Å². The summed E-state index contributed by atoms with van der Waals surface area (Å²) in [6, 6.07) is 6.14. The van der Waals surface area contributed by atoms with Gasteiger partial charge in [-0.1, -0.05) is 6.07 Å². The second kappa shape index (κ2) is 6.30. The van der Waals surface area contributed by atoms with Crippen LogP contribution in [-0.4, -0.2) is 31.3 Å². The van der Waals surface area contributed by atoms with Crippen molar-refractivity contribution in [2.45, 2.75) is 6.54 Å². The Hall–Kier alpha value is -2.50. The number of benzene rings is 1. The number of nitrogens with one attached hydrogen (secondary N) is 1. The number of halogens is 1. The number of methoxy groups -OCH3 is 1. The number of anilines is 2. The van der Waals surface area contributed by atoms with Gasteiger partial charge in [0.1, 0.15) is 5.69 Å². The van der Waals surface area contributed by atoms with Crippen LogP contribution in [0.2, 0.25) is 0 Å². The van der Waals surface area contributed by atoms with Crippen LogP contribution in [0.4, 0.5) is 15.8 Å². The van der Waals surface area contributed by atoms with Crippen LogP contribution in [0.5, 0.6) is 11.6 Å². The van der Waals surface area contributed by atoms with E-state index in [0.717, 1.165) is 11.4 Å². The van der Waals surface area contributed by atoms with E-state index in [1.165, 1.54) is 12.1 Å². The van der Waals surface area contributed by atoms with Gasteiger partial charge in [-0.25, -0.2) is 9.37 Å². The Balaban J connectivity index is 2.24. The molecule has 0 radical (unpaired) electrons. The average molecular weight is 291 g/mol. The molecule has 2 rings (SSSR count). The van der Waals surface area contributed by atoms with Crippen molar-refractivity contribution in [2.75, 3.05) is 31.4 Å². The zero-order chi connectivity index (χ0) is 15.4. The molecule has 0 amide bonds. The van der Waals surface area contributed by atoms with Crippen molar-refractivity contribution < 1.29 is 14.2 Å². The zero-order valence-corrected chi connectivity index (χ0v) is 12.2. The van der Waals surface area contributed by atoms with Gasteiger partial charge >= 0.3 is 0 Å². The normalized spacial score (nSPS) is 10.3. The number of ether oxygens (including phenoxy) is 1. The molecule has 0 fully saturated rings. The summed E-state index contributed by atoms with van der Waals surface area (Å²) in [5, 5.41) is 12.4. The molecular weight excluding hydrogens is 273 g/mol. The van der Waals surface area contributed by atoms with Gasteiger partial charge in [0.25, 0.3) is 0 Å². The fourth-order valence-corrected chi connectivity index (χ4v) is 1.98. The zero-order valence-electron chi connectivity index (χ0n) is 12.2. The first-order valence-corrected chi connectivity index (χ1v) is 6.44. The van der Waals surface area contributed by atoms with Gasteiger partial charge in [-0.3, -0.25) is 0 Å². The van der Waals surface area contributed by atoms with E-state index in [1.54, 1.807) is 19.4 Å². The van der Waals surface area contributed by atoms with E-state index in [0.29, 0.717) is 18.0 Å². The van der Waals surface area contributed by atoms with Crippen LogP contribution >= 0.6 is 0 Å². The van der Waals surface area contributed by atoms with Crippen LogP contribution < -0.4 is 15.0 Å². The molecule has 0 aliphatic carbocycles. The Bertz CT molecular complexity index is 632. The van der Waals surface area contributed by atoms with Crippen LogP contribution in [0, 0.1) is 5.82 Å². The Morgan fingerprint density at radius 1 is 1.33 bits per heavy atom. The van der Waals surface area contributed by atoms with Crippen molar-refractivity contribution in [3.05, 3.63) is 41.8 Å². The van der Waals surface area contributed by atoms with Crippen molar-refractivity contribution in [3.63, 3.8) is 0 Å². The third-order valence-electron chi connectivity index (χ3n) is 3.05. The number of aromatic nitrogens is 1. The van der Waals surface area contributed by atoms with Crippen molar-refractivity contribution in [3.8, 4) is 11.6 Å². The van der Waals surface area contributed by atoms with Crippen molar-refractivity contribution in [2.24, 2.45) is 0 Å². The maximum atomic E-state index is 13.3. The van der Waals surface area contributed by atoms with E-state index in [2.05, 4.69) is 10.3 Å². The molecule has 2 aromatic rings. The molecule has 0 atom stereocenters. The molecule has 0 aliphatic rings. The van der Waals surface area contributed by atoms with Crippen molar-refractivity contribution in [1.82, 2.24) is 4.98 Å². The van der Waals surface area contributed by atoms with Gasteiger partial charge in [-0.05, 0) is 23.8 Å². The van der Waals surface area contributed by atoms with E-state index in [1.807, 2.05) is 25.1 Å². The lowest BCUT2D eigenvalue weighted by Gasteiger charge is -2.20. The molecule has 2 N–H and O–H groups in total. The third kappa shape index (κ3) is 3.34. The van der Waals surface area contributed by atoms with Crippen LogP contribution in [0.15, 0.2) is 30.5 Å².